The number of aliphatic imine (C=N–C) groups is 1. The molecule has 2 saturated heterocycles. The Morgan fingerprint density at radius 2 is 1.79 bits per heavy atom. The summed E-state index contributed by atoms with van der Waals surface area (Å²) in [6.07, 6.45) is 0.197. The average Bonchev–Trinajstić information content (AvgIpc) is 3.10. The maximum Gasteiger partial charge on any atom is 0.252 e. The highest BCUT2D eigenvalue weighted by Crippen LogP contribution is 2.39. The summed E-state index contributed by atoms with van der Waals surface area (Å²) in [6, 6.07) is 15.2. The van der Waals surface area contributed by atoms with E-state index in [1.807, 2.05) is 35.2 Å². The Morgan fingerprint density at radius 3 is 2.50 bits per heavy atom. The van der Waals surface area contributed by atoms with Crippen LogP contribution in [0, 0.1) is 5.82 Å². The number of amides is 1. The SMILES string of the molecule is O=C(Cc1ccccc1)N=C1S[C@@H]2CS(=O)(=O)C[C@H]2N1Cc1ccc(F)cc1. The molecule has 8 heteroatoms. The molecule has 4 rings (SSSR count). The minimum Gasteiger partial charge on any atom is -0.342 e. The van der Waals surface area contributed by atoms with E-state index in [1.54, 1.807) is 12.1 Å². The van der Waals surface area contributed by atoms with Gasteiger partial charge >= 0.3 is 0 Å². The van der Waals surface area contributed by atoms with Crippen molar-refractivity contribution in [2.75, 3.05) is 11.5 Å². The molecule has 0 bridgehead atoms. The Balaban J connectivity index is 1.57. The second-order valence-electron chi connectivity index (χ2n) is 7.01. The third-order valence-electron chi connectivity index (χ3n) is 4.86. The van der Waals surface area contributed by atoms with E-state index >= 15 is 0 Å². The average molecular weight is 419 g/mol. The molecule has 2 fully saturated rings. The molecule has 0 aliphatic carbocycles. The number of nitrogens with zero attached hydrogens (tertiary/aromatic N) is 2. The number of carbonyl (C=O) groups is 1. The Morgan fingerprint density at radius 1 is 1.07 bits per heavy atom. The first-order valence-electron chi connectivity index (χ1n) is 8.93. The van der Waals surface area contributed by atoms with Crippen LogP contribution in [0.2, 0.25) is 0 Å². The van der Waals surface area contributed by atoms with Crippen LogP contribution in [-0.2, 0) is 27.6 Å². The summed E-state index contributed by atoms with van der Waals surface area (Å²) < 4.78 is 37.3. The number of carbonyl (C=O) groups excluding carboxylic acids is 1. The summed E-state index contributed by atoms with van der Waals surface area (Å²) in [4.78, 5) is 18.6. The summed E-state index contributed by atoms with van der Waals surface area (Å²) in [5.41, 5.74) is 1.72. The van der Waals surface area contributed by atoms with Crippen LogP contribution in [-0.4, -0.2) is 47.2 Å². The van der Waals surface area contributed by atoms with Crippen LogP contribution in [0.1, 0.15) is 11.1 Å². The van der Waals surface area contributed by atoms with Gasteiger partial charge in [0, 0.05) is 11.8 Å². The number of rotatable bonds is 4. The van der Waals surface area contributed by atoms with Crippen molar-refractivity contribution in [3.8, 4) is 0 Å². The van der Waals surface area contributed by atoms with Crippen molar-refractivity contribution in [2.24, 2.45) is 4.99 Å². The normalized spacial score (nSPS) is 24.5. The van der Waals surface area contributed by atoms with Gasteiger partial charge in [0.05, 0.1) is 24.0 Å². The first kappa shape index (κ1) is 19.1. The molecule has 2 aromatic rings. The molecular weight excluding hydrogens is 399 g/mol. The second kappa shape index (κ2) is 7.67. The number of fused-ring (bicyclic) bond motifs is 1. The highest BCUT2D eigenvalue weighted by atomic mass is 32.2. The third kappa shape index (κ3) is 4.28. The van der Waals surface area contributed by atoms with Crippen molar-refractivity contribution >= 4 is 32.7 Å². The molecule has 2 atom stereocenters. The van der Waals surface area contributed by atoms with Gasteiger partial charge in [-0.2, -0.15) is 4.99 Å². The van der Waals surface area contributed by atoms with Gasteiger partial charge in [0.2, 0.25) is 0 Å². The van der Waals surface area contributed by atoms with E-state index in [0.29, 0.717) is 11.7 Å². The van der Waals surface area contributed by atoms with E-state index in [1.165, 1.54) is 23.9 Å². The Labute approximate surface area is 167 Å². The molecule has 0 aromatic heterocycles. The molecule has 0 spiro atoms. The molecule has 146 valence electrons. The van der Waals surface area contributed by atoms with Gasteiger partial charge in [0.25, 0.3) is 5.91 Å². The molecule has 0 radical (unpaired) electrons. The fraction of sp³-hybridized carbons (Fsp3) is 0.300. The molecule has 0 N–H and O–H groups in total. The third-order valence-corrected chi connectivity index (χ3v) is 8.11. The van der Waals surface area contributed by atoms with Crippen LogP contribution < -0.4 is 0 Å². The number of halogens is 1. The van der Waals surface area contributed by atoms with Gasteiger partial charge in [-0.1, -0.05) is 54.2 Å². The summed E-state index contributed by atoms with van der Waals surface area (Å²) in [5.74, 6) is -0.445. The van der Waals surface area contributed by atoms with Crippen molar-refractivity contribution in [1.29, 1.82) is 0 Å². The van der Waals surface area contributed by atoms with Crippen LogP contribution in [0.4, 0.5) is 4.39 Å². The predicted octanol–water partition coefficient (Wildman–Crippen LogP) is 2.67. The van der Waals surface area contributed by atoms with E-state index < -0.39 is 9.84 Å². The monoisotopic (exact) mass is 418 g/mol. The van der Waals surface area contributed by atoms with Gasteiger partial charge < -0.3 is 4.90 Å². The first-order valence-corrected chi connectivity index (χ1v) is 11.6. The zero-order valence-electron chi connectivity index (χ0n) is 15.0. The van der Waals surface area contributed by atoms with Crippen molar-refractivity contribution in [3.63, 3.8) is 0 Å². The van der Waals surface area contributed by atoms with E-state index in [2.05, 4.69) is 4.99 Å². The van der Waals surface area contributed by atoms with Gasteiger partial charge in [0.1, 0.15) is 5.82 Å². The fourth-order valence-electron chi connectivity index (χ4n) is 3.52. The first-order chi connectivity index (χ1) is 13.4. The van der Waals surface area contributed by atoms with Gasteiger partial charge in [-0.05, 0) is 23.3 Å². The van der Waals surface area contributed by atoms with Crippen molar-refractivity contribution in [1.82, 2.24) is 4.90 Å². The predicted molar refractivity (Wildman–Crippen MR) is 108 cm³/mol. The highest BCUT2D eigenvalue weighted by Gasteiger charge is 2.48. The van der Waals surface area contributed by atoms with Crippen LogP contribution >= 0.6 is 11.8 Å². The lowest BCUT2D eigenvalue weighted by atomic mass is 10.1. The lowest BCUT2D eigenvalue weighted by molar-refractivity contribution is -0.117. The second-order valence-corrected chi connectivity index (χ2v) is 10.4. The number of sulfone groups is 1. The Hall–Kier alpha value is -2.19. The molecule has 1 amide bonds. The molecule has 2 heterocycles. The molecule has 0 saturated carbocycles. The lowest BCUT2D eigenvalue weighted by Crippen LogP contribution is -2.37. The standard InChI is InChI=1S/C20H19FN2O3S2/c21-16-8-6-15(7-9-16)11-23-17-12-28(25,26)13-18(17)27-20(23)22-19(24)10-14-4-2-1-3-5-14/h1-9,17-18H,10-13H2/t17-,18-/m1/s1. The topological polar surface area (TPSA) is 66.8 Å². The summed E-state index contributed by atoms with van der Waals surface area (Å²) >= 11 is 1.35. The van der Waals surface area contributed by atoms with Crippen LogP contribution in [0.3, 0.4) is 0 Å². The number of hydrogen-bond donors (Lipinski definition) is 0. The minimum absolute atomic E-state index is 0.0533. The fourth-order valence-corrected chi connectivity index (χ4v) is 7.49. The van der Waals surface area contributed by atoms with Gasteiger partial charge in [0.15, 0.2) is 15.0 Å². The lowest BCUT2D eigenvalue weighted by Gasteiger charge is -2.24. The molecule has 28 heavy (non-hydrogen) atoms. The number of amidine groups is 1. The quantitative estimate of drug-likeness (QED) is 0.764. The van der Waals surface area contributed by atoms with E-state index in [4.69, 9.17) is 0 Å². The maximum atomic E-state index is 13.2. The van der Waals surface area contributed by atoms with Crippen LogP contribution in [0.5, 0.6) is 0 Å². The summed E-state index contributed by atoms with van der Waals surface area (Å²) in [6.45, 7) is 0.390. The molecule has 0 unspecified atom stereocenters. The van der Waals surface area contributed by atoms with E-state index in [-0.39, 0.29) is 40.9 Å². The Bertz CT molecular complexity index is 1010. The zero-order valence-corrected chi connectivity index (χ0v) is 16.6. The minimum atomic E-state index is -3.10. The maximum absolute atomic E-state index is 13.2. The van der Waals surface area contributed by atoms with Gasteiger partial charge in [-0.15, -0.1) is 0 Å². The van der Waals surface area contributed by atoms with E-state index in [9.17, 15) is 17.6 Å². The van der Waals surface area contributed by atoms with E-state index in [0.717, 1.165) is 11.1 Å². The zero-order chi connectivity index (χ0) is 19.7. The summed E-state index contributed by atoms with van der Waals surface area (Å²) in [5, 5.41) is 0.420. The Kier molecular flexibility index (Phi) is 5.25. The smallest absolute Gasteiger partial charge is 0.252 e. The van der Waals surface area contributed by atoms with Crippen molar-refractivity contribution < 1.29 is 17.6 Å². The highest BCUT2D eigenvalue weighted by molar-refractivity contribution is 8.15. The van der Waals surface area contributed by atoms with Crippen molar-refractivity contribution in [3.05, 3.63) is 71.5 Å². The van der Waals surface area contributed by atoms with Crippen LogP contribution in [0.25, 0.3) is 0 Å². The molecule has 2 aliphatic heterocycles. The van der Waals surface area contributed by atoms with Crippen molar-refractivity contribution in [2.45, 2.75) is 24.3 Å². The number of benzene rings is 2. The molecular formula is C20H19FN2O3S2. The number of hydrogen-bond acceptors (Lipinski definition) is 4. The van der Waals surface area contributed by atoms with Gasteiger partial charge in [-0.3, -0.25) is 4.79 Å². The molecule has 2 aromatic carbocycles. The van der Waals surface area contributed by atoms with Crippen LogP contribution in [0.15, 0.2) is 59.6 Å². The summed E-state index contributed by atoms with van der Waals surface area (Å²) in [7, 11) is -3.10. The largest absolute Gasteiger partial charge is 0.342 e. The number of thioether (sulfide) groups is 1. The molecule has 2 aliphatic rings. The van der Waals surface area contributed by atoms with Gasteiger partial charge in [-0.25, -0.2) is 12.8 Å². The molecule has 5 nitrogen and oxygen atoms in total.